The monoisotopic (exact) mass is 447 g/mol. The van der Waals surface area contributed by atoms with Crippen LogP contribution in [0.2, 0.25) is 0 Å². The average Bonchev–Trinajstić information content (AvgIpc) is 3.13. The van der Waals surface area contributed by atoms with Crippen molar-refractivity contribution in [3.63, 3.8) is 0 Å². The maximum Gasteiger partial charge on any atom is 0.329 e. The molecule has 0 unspecified atom stereocenters. The van der Waals surface area contributed by atoms with E-state index in [2.05, 4.69) is 15.0 Å². The van der Waals surface area contributed by atoms with E-state index in [0.29, 0.717) is 36.2 Å². The van der Waals surface area contributed by atoms with Crippen LogP contribution >= 0.6 is 0 Å². The number of hydrogen-bond donors (Lipinski definition) is 0. The van der Waals surface area contributed by atoms with Gasteiger partial charge in [-0.15, -0.1) is 0 Å². The van der Waals surface area contributed by atoms with Crippen molar-refractivity contribution in [3.8, 4) is 17.3 Å². The summed E-state index contributed by atoms with van der Waals surface area (Å²) in [4.78, 5) is 45.0. The normalized spacial score (nSPS) is 14.8. The van der Waals surface area contributed by atoms with Gasteiger partial charge in [0.25, 0.3) is 0 Å². The zero-order chi connectivity index (χ0) is 23.1. The molecule has 0 saturated carbocycles. The number of carbonyl (C=O) groups is 1. The minimum atomic E-state index is -0.0976. The number of piperidine rings is 1. The molecule has 5 rings (SSSR count). The molecule has 1 fully saturated rings. The van der Waals surface area contributed by atoms with Crippen LogP contribution in [0.25, 0.3) is 33.3 Å². The smallest absolute Gasteiger partial charge is 0.329 e. The van der Waals surface area contributed by atoms with Gasteiger partial charge in [-0.1, -0.05) is 6.92 Å². The molecule has 0 N–H and O–H groups in total. The molecule has 4 aromatic rings. The van der Waals surface area contributed by atoms with E-state index in [1.165, 1.54) is 7.11 Å². The molecule has 1 amide bonds. The largest absolute Gasteiger partial charge is 0.467 e. The van der Waals surface area contributed by atoms with E-state index < -0.39 is 0 Å². The predicted molar refractivity (Wildman–Crippen MR) is 123 cm³/mol. The number of rotatable bonds is 4. The summed E-state index contributed by atoms with van der Waals surface area (Å²) in [5.41, 5.74) is 4.19. The summed E-state index contributed by atoms with van der Waals surface area (Å²) < 4.78 is 8.51. The summed E-state index contributed by atoms with van der Waals surface area (Å²) in [6, 6.07) is 4.04. The lowest BCUT2D eigenvalue weighted by molar-refractivity contribution is -0.132. The highest BCUT2D eigenvalue weighted by atomic mass is 16.5. The Morgan fingerprint density at radius 3 is 2.52 bits per heavy atom. The van der Waals surface area contributed by atoms with Gasteiger partial charge in [-0.25, -0.2) is 19.7 Å². The number of hydrogen-bond acceptors (Lipinski definition) is 7. The van der Waals surface area contributed by atoms with Crippen molar-refractivity contribution >= 4 is 28.0 Å². The van der Waals surface area contributed by atoms with Gasteiger partial charge in [0.1, 0.15) is 5.52 Å². The summed E-state index contributed by atoms with van der Waals surface area (Å²) >= 11 is 0. The number of likely N-dealkylation sites (tertiary alicyclic amines) is 1. The van der Waals surface area contributed by atoms with Gasteiger partial charge in [-0.05, 0) is 25.0 Å². The zero-order valence-corrected chi connectivity index (χ0v) is 18.9. The Morgan fingerprint density at radius 2 is 1.85 bits per heavy atom. The molecule has 0 atom stereocenters. The van der Waals surface area contributed by atoms with Crippen molar-refractivity contribution in [2.75, 3.05) is 20.2 Å². The maximum atomic E-state index is 13.3. The number of aromatic nitrogens is 6. The fraction of sp³-hybridized carbons (Fsp3) is 0.391. The second kappa shape index (κ2) is 8.27. The van der Waals surface area contributed by atoms with E-state index in [1.807, 2.05) is 28.5 Å². The number of aryl methyl sites for hydroxylation is 1. The van der Waals surface area contributed by atoms with Gasteiger partial charge in [0.2, 0.25) is 5.91 Å². The molecule has 0 bridgehead atoms. The third-order valence-corrected chi connectivity index (χ3v) is 6.35. The third kappa shape index (κ3) is 3.51. The molecule has 1 saturated heterocycles. The van der Waals surface area contributed by atoms with Crippen molar-refractivity contribution in [1.29, 1.82) is 0 Å². The van der Waals surface area contributed by atoms with Gasteiger partial charge in [0.05, 0.1) is 35.6 Å². The molecular weight excluding hydrogens is 422 g/mol. The molecule has 33 heavy (non-hydrogen) atoms. The van der Waals surface area contributed by atoms with Crippen molar-refractivity contribution in [1.82, 2.24) is 34.0 Å². The first-order chi connectivity index (χ1) is 16.0. The van der Waals surface area contributed by atoms with Gasteiger partial charge in [-0.3, -0.25) is 18.9 Å². The Morgan fingerprint density at radius 1 is 1.12 bits per heavy atom. The quantitative estimate of drug-likeness (QED) is 0.472. The summed E-state index contributed by atoms with van der Waals surface area (Å²) in [6.07, 6.45) is 6.99. The molecule has 4 aromatic heterocycles. The minimum Gasteiger partial charge on any atom is -0.467 e. The summed E-state index contributed by atoms with van der Waals surface area (Å²) in [7, 11) is 3.27. The first-order valence-electron chi connectivity index (χ1n) is 11.0. The molecule has 0 radical (unpaired) electrons. The number of carbonyl (C=O) groups excluding carboxylic acids is 1. The SMILES string of the molecule is CCC(=O)N1CCC(n2c(=O)n(C)c3cnc4ccc(-c5cnc(OC)nc5)nc4c32)CC1. The third-order valence-electron chi connectivity index (χ3n) is 6.35. The summed E-state index contributed by atoms with van der Waals surface area (Å²) in [5, 5.41) is 0. The molecular formula is C23H25N7O3. The second-order valence-electron chi connectivity index (χ2n) is 8.19. The number of amides is 1. The first kappa shape index (κ1) is 21.0. The Kier molecular flexibility index (Phi) is 5.27. The van der Waals surface area contributed by atoms with Gasteiger partial charge in [0.15, 0.2) is 0 Å². The fourth-order valence-corrected chi connectivity index (χ4v) is 4.54. The fourth-order valence-electron chi connectivity index (χ4n) is 4.54. The van der Waals surface area contributed by atoms with Gasteiger partial charge < -0.3 is 9.64 Å². The molecule has 10 nitrogen and oxygen atoms in total. The Balaban J connectivity index is 1.63. The standard InChI is InChI=1S/C23H25N7O3/c1-4-19(31)29-9-7-15(8-10-29)30-21-18(28(2)23(30)32)13-24-17-6-5-16(27-20(17)21)14-11-25-22(33-3)26-12-14/h5-6,11-13,15H,4,7-10H2,1-3H3. The molecule has 1 aliphatic heterocycles. The number of fused-ring (bicyclic) bond motifs is 3. The van der Waals surface area contributed by atoms with Crippen molar-refractivity contribution in [2.24, 2.45) is 7.05 Å². The van der Waals surface area contributed by atoms with Crippen LogP contribution in [-0.2, 0) is 11.8 Å². The van der Waals surface area contributed by atoms with Crippen LogP contribution in [0.1, 0.15) is 32.2 Å². The lowest BCUT2D eigenvalue weighted by Crippen LogP contribution is -2.40. The van der Waals surface area contributed by atoms with Gasteiger partial charge >= 0.3 is 11.7 Å². The van der Waals surface area contributed by atoms with Crippen LogP contribution < -0.4 is 10.4 Å². The van der Waals surface area contributed by atoms with Crippen LogP contribution in [0.15, 0.2) is 35.5 Å². The molecule has 0 aliphatic carbocycles. The average molecular weight is 447 g/mol. The van der Waals surface area contributed by atoms with Crippen LogP contribution in [0.3, 0.4) is 0 Å². The van der Waals surface area contributed by atoms with Crippen molar-refractivity contribution in [2.45, 2.75) is 32.2 Å². The zero-order valence-electron chi connectivity index (χ0n) is 18.9. The van der Waals surface area contributed by atoms with Crippen molar-refractivity contribution in [3.05, 3.63) is 41.2 Å². The van der Waals surface area contributed by atoms with E-state index in [4.69, 9.17) is 9.72 Å². The number of imidazole rings is 1. The highest BCUT2D eigenvalue weighted by Crippen LogP contribution is 2.30. The topological polar surface area (TPSA) is 108 Å². The van der Waals surface area contributed by atoms with E-state index >= 15 is 0 Å². The Bertz CT molecular complexity index is 1400. The lowest BCUT2D eigenvalue weighted by atomic mass is 10.0. The number of pyridine rings is 2. The van der Waals surface area contributed by atoms with E-state index in [9.17, 15) is 9.59 Å². The highest BCUT2D eigenvalue weighted by Gasteiger charge is 2.27. The van der Waals surface area contributed by atoms with Crippen LogP contribution in [0, 0.1) is 0 Å². The highest BCUT2D eigenvalue weighted by molar-refractivity contribution is 6.00. The van der Waals surface area contributed by atoms with Crippen LogP contribution in [0.4, 0.5) is 0 Å². The number of ether oxygens (including phenoxy) is 1. The van der Waals surface area contributed by atoms with E-state index in [0.717, 1.165) is 29.4 Å². The molecule has 170 valence electrons. The summed E-state index contributed by atoms with van der Waals surface area (Å²) in [5.74, 6) is 0.154. The van der Waals surface area contributed by atoms with Crippen molar-refractivity contribution < 1.29 is 9.53 Å². The maximum absolute atomic E-state index is 13.3. The molecule has 1 aliphatic rings. The van der Waals surface area contributed by atoms with Gasteiger partial charge in [0, 0.05) is 50.6 Å². The molecule has 0 aromatic carbocycles. The Labute approximate surface area is 189 Å². The molecule has 10 heteroatoms. The Hall–Kier alpha value is -3.82. The number of nitrogens with zero attached hydrogens (tertiary/aromatic N) is 7. The number of methoxy groups -OCH3 is 1. The van der Waals surface area contributed by atoms with Gasteiger partial charge in [-0.2, -0.15) is 0 Å². The lowest BCUT2D eigenvalue weighted by Gasteiger charge is -2.32. The first-order valence-corrected chi connectivity index (χ1v) is 11.0. The predicted octanol–water partition coefficient (Wildman–Crippen LogP) is 2.32. The summed E-state index contributed by atoms with van der Waals surface area (Å²) in [6.45, 7) is 3.16. The minimum absolute atomic E-state index is 0.0116. The van der Waals surface area contributed by atoms with E-state index in [1.54, 1.807) is 30.2 Å². The van der Waals surface area contributed by atoms with Crippen LogP contribution in [0.5, 0.6) is 6.01 Å². The van der Waals surface area contributed by atoms with Crippen LogP contribution in [-0.4, -0.2) is 60.1 Å². The second-order valence-corrected chi connectivity index (χ2v) is 8.19. The molecule has 5 heterocycles. The van der Waals surface area contributed by atoms with E-state index in [-0.39, 0.29) is 23.6 Å². The molecule has 0 spiro atoms.